The number of aryl methyl sites for hydroxylation is 1. The Hall–Kier alpha value is -0.320. The second kappa shape index (κ2) is 3.38. The van der Waals surface area contributed by atoms with Crippen molar-refractivity contribution >= 4 is 40.8 Å². The van der Waals surface area contributed by atoms with E-state index in [1.807, 2.05) is 0 Å². The first-order valence-corrected chi connectivity index (χ1v) is 4.11. The zero-order chi connectivity index (χ0) is 8.43. The number of halogens is 2. The van der Waals surface area contributed by atoms with E-state index >= 15 is 0 Å². The molecule has 1 heterocycles. The monoisotopic (exact) mass is 211 g/mol. The van der Waals surface area contributed by atoms with E-state index in [-0.39, 0.29) is 0 Å². The molecule has 0 fully saturated rings. The largest absolute Gasteiger partial charge is 0.368 e. The van der Waals surface area contributed by atoms with Crippen molar-refractivity contribution < 1.29 is 9.08 Å². The predicted molar refractivity (Wildman–Crippen MR) is 43.1 cm³/mol. The van der Waals surface area contributed by atoms with Crippen molar-refractivity contribution in [3.8, 4) is 0 Å². The Bertz CT molecular complexity index is 286. The van der Waals surface area contributed by atoms with Crippen molar-refractivity contribution in [1.82, 2.24) is 4.98 Å². The highest BCUT2D eigenvalue weighted by Crippen LogP contribution is 2.22. The molecular weight excluding hydrogens is 209 g/mol. The molecule has 0 spiro atoms. The molecule has 0 aliphatic heterocycles. The van der Waals surface area contributed by atoms with Gasteiger partial charge in [0.25, 0.3) is 0 Å². The van der Waals surface area contributed by atoms with E-state index in [1.165, 1.54) is 0 Å². The summed E-state index contributed by atoms with van der Waals surface area (Å²) in [5, 5.41) is 0. The third-order valence-electron chi connectivity index (χ3n) is 1.03. The SMILES string of the molecule is Cc1nc(Cl)sc1C(=O)OCl. The highest BCUT2D eigenvalue weighted by molar-refractivity contribution is 7.17. The lowest BCUT2D eigenvalue weighted by atomic mass is 10.4. The molecule has 0 N–H and O–H groups in total. The lowest BCUT2D eigenvalue weighted by molar-refractivity contribution is 0.0755. The van der Waals surface area contributed by atoms with E-state index in [2.05, 4.69) is 9.27 Å². The zero-order valence-electron chi connectivity index (χ0n) is 5.43. The Morgan fingerprint density at radius 3 is 2.73 bits per heavy atom. The number of nitrogens with zero attached hydrogens (tertiary/aromatic N) is 1. The van der Waals surface area contributed by atoms with Gasteiger partial charge in [-0.1, -0.05) is 22.9 Å². The average molecular weight is 212 g/mol. The van der Waals surface area contributed by atoms with Crippen LogP contribution >= 0.6 is 34.8 Å². The van der Waals surface area contributed by atoms with Crippen LogP contribution in [-0.2, 0) is 4.29 Å². The molecule has 0 unspecified atom stereocenters. The van der Waals surface area contributed by atoms with Crippen LogP contribution in [0.5, 0.6) is 0 Å². The summed E-state index contributed by atoms with van der Waals surface area (Å²) in [5.74, 6) is -0.617. The molecule has 1 aromatic rings. The number of carbonyl (C=O) groups is 1. The van der Waals surface area contributed by atoms with Gasteiger partial charge in [0, 0.05) is 0 Å². The molecule has 0 bridgehead atoms. The van der Waals surface area contributed by atoms with Gasteiger partial charge in [-0.25, -0.2) is 9.78 Å². The summed E-state index contributed by atoms with van der Waals surface area (Å²) >= 11 is 11.4. The minimum absolute atomic E-state index is 0.305. The smallest absolute Gasteiger partial charge is 0.342 e. The van der Waals surface area contributed by atoms with Crippen LogP contribution in [-0.4, -0.2) is 11.0 Å². The fourth-order valence-corrected chi connectivity index (χ4v) is 1.74. The molecule has 11 heavy (non-hydrogen) atoms. The van der Waals surface area contributed by atoms with E-state index in [0.29, 0.717) is 15.0 Å². The molecule has 0 aromatic carbocycles. The van der Waals surface area contributed by atoms with Crippen LogP contribution < -0.4 is 0 Å². The molecule has 1 rings (SSSR count). The first kappa shape index (κ1) is 8.77. The van der Waals surface area contributed by atoms with Crippen molar-refractivity contribution in [3.05, 3.63) is 15.0 Å². The molecule has 60 valence electrons. The molecule has 0 radical (unpaired) electrons. The Labute approximate surface area is 77.1 Å². The Morgan fingerprint density at radius 2 is 2.36 bits per heavy atom. The molecule has 0 atom stereocenters. The van der Waals surface area contributed by atoms with Crippen molar-refractivity contribution in [2.24, 2.45) is 0 Å². The molecule has 3 nitrogen and oxygen atoms in total. The zero-order valence-corrected chi connectivity index (χ0v) is 7.76. The van der Waals surface area contributed by atoms with Crippen LogP contribution in [0.2, 0.25) is 4.47 Å². The number of aromatic nitrogens is 1. The van der Waals surface area contributed by atoms with Gasteiger partial charge in [-0.2, -0.15) is 0 Å². The summed E-state index contributed by atoms with van der Waals surface area (Å²) in [5.41, 5.74) is 0.533. The molecule has 6 heteroatoms. The fraction of sp³-hybridized carbons (Fsp3) is 0.200. The standard InChI is InChI=1S/C5H3Cl2NO2S/c1-2-3(4(9)10-7)11-5(6)8-2/h1H3. The Morgan fingerprint density at radius 1 is 1.73 bits per heavy atom. The average Bonchev–Trinajstić information content (AvgIpc) is 2.28. The lowest BCUT2D eigenvalue weighted by Crippen LogP contribution is -1.96. The number of thiazole rings is 1. The minimum Gasteiger partial charge on any atom is -0.342 e. The Kier molecular flexibility index (Phi) is 2.70. The normalized spacial score (nSPS) is 9.73. The van der Waals surface area contributed by atoms with E-state index < -0.39 is 5.97 Å². The van der Waals surface area contributed by atoms with Crippen LogP contribution in [0.1, 0.15) is 15.4 Å². The molecule has 0 aliphatic rings. The summed E-state index contributed by atoms with van der Waals surface area (Å²) in [4.78, 5) is 14.9. The summed E-state index contributed by atoms with van der Waals surface area (Å²) in [6.07, 6.45) is 0. The van der Waals surface area contributed by atoms with Crippen LogP contribution in [0.3, 0.4) is 0 Å². The van der Waals surface area contributed by atoms with Gasteiger partial charge < -0.3 is 4.29 Å². The maximum Gasteiger partial charge on any atom is 0.368 e. The van der Waals surface area contributed by atoms with E-state index in [1.54, 1.807) is 6.92 Å². The maximum atomic E-state index is 10.8. The first-order chi connectivity index (χ1) is 5.15. The fourth-order valence-electron chi connectivity index (χ4n) is 0.588. The van der Waals surface area contributed by atoms with Crippen molar-refractivity contribution in [2.45, 2.75) is 6.92 Å². The third-order valence-corrected chi connectivity index (χ3v) is 2.41. The van der Waals surface area contributed by atoms with E-state index in [4.69, 9.17) is 23.5 Å². The molecule has 0 amide bonds. The summed E-state index contributed by atoms with van der Waals surface area (Å²) in [6, 6.07) is 0. The van der Waals surface area contributed by atoms with Gasteiger partial charge in [0.2, 0.25) is 0 Å². The maximum absolute atomic E-state index is 10.8. The van der Waals surface area contributed by atoms with Crippen molar-refractivity contribution in [3.63, 3.8) is 0 Å². The van der Waals surface area contributed by atoms with E-state index in [0.717, 1.165) is 11.3 Å². The highest BCUT2D eigenvalue weighted by atomic mass is 35.5. The number of carbonyl (C=O) groups excluding carboxylic acids is 1. The van der Waals surface area contributed by atoms with Gasteiger partial charge in [-0.3, -0.25) is 0 Å². The number of hydrogen-bond donors (Lipinski definition) is 0. The second-order valence-electron chi connectivity index (χ2n) is 1.75. The van der Waals surface area contributed by atoms with Gasteiger partial charge >= 0.3 is 5.97 Å². The molecule has 1 aromatic heterocycles. The van der Waals surface area contributed by atoms with Crippen molar-refractivity contribution in [2.75, 3.05) is 0 Å². The molecule has 0 saturated carbocycles. The number of rotatable bonds is 1. The quantitative estimate of drug-likeness (QED) is 0.717. The third kappa shape index (κ3) is 1.83. The lowest BCUT2D eigenvalue weighted by Gasteiger charge is -1.89. The van der Waals surface area contributed by atoms with Crippen LogP contribution in [0.15, 0.2) is 0 Å². The topological polar surface area (TPSA) is 39.2 Å². The summed E-state index contributed by atoms with van der Waals surface area (Å²) in [7, 11) is 0. The van der Waals surface area contributed by atoms with Gasteiger partial charge in [-0.15, -0.1) is 0 Å². The van der Waals surface area contributed by atoms with Gasteiger partial charge in [-0.05, 0) is 6.92 Å². The minimum atomic E-state index is -0.617. The van der Waals surface area contributed by atoms with E-state index in [9.17, 15) is 4.79 Å². The first-order valence-electron chi connectivity index (χ1n) is 2.61. The second-order valence-corrected chi connectivity index (χ2v) is 3.48. The summed E-state index contributed by atoms with van der Waals surface area (Å²) < 4.78 is 4.28. The van der Waals surface area contributed by atoms with Crippen LogP contribution in [0.4, 0.5) is 0 Å². The van der Waals surface area contributed by atoms with Crippen molar-refractivity contribution in [1.29, 1.82) is 0 Å². The van der Waals surface area contributed by atoms with Gasteiger partial charge in [0.1, 0.15) is 16.7 Å². The number of hydrogen-bond acceptors (Lipinski definition) is 4. The Balaban J connectivity index is 3.03. The van der Waals surface area contributed by atoms with Crippen LogP contribution in [0.25, 0.3) is 0 Å². The summed E-state index contributed by atoms with van der Waals surface area (Å²) in [6.45, 7) is 1.66. The molecule has 0 aliphatic carbocycles. The van der Waals surface area contributed by atoms with Gasteiger partial charge in [0.05, 0.1) is 5.69 Å². The predicted octanol–water partition coefficient (Wildman–Crippen LogP) is 2.42. The van der Waals surface area contributed by atoms with Crippen LogP contribution in [0, 0.1) is 6.92 Å². The highest BCUT2D eigenvalue weighted by Gasteiger charge is 2.15. The van der Waals surface area contributed by atoms with Gasteiger partial charge in [0.15, 0.2) is 4.47 Å². The molecular formula is C5H3Cl2NO2S. The molecule has 0 saturated heterocycles.